The lowest BCUT2D eigenvalue weighted by Crippen LogP contribution is -2.43. The first kappa shape index (κ1) is 14.7. The van der Waals surface area contributed by atoms with Gasteiger partial charge in [-0.15, -0.1) is 0 Å². The van der Waals surface area contributed by atoms with Crippen LogP contribution >= 0.6 is 0 Å². The van der Waals surface area contributed by atoms with Gasteiger partial charge in [-0.25, -0.2) is 0 Å². The molecule has 0 aromatic heterocycles. The highest BCUT2D eigenvalue weighted by Gasteiger charge is 2.43. The summed E-state index contributed by atoms with van der Waals surface area (Å²) in [6, 6.07) is 3.30. The Morgan fingerprint density at radius 1 is 1.35 bits per heavy atom. The van der Waals surface area contributed by atoms with E-state index in [0.717, 1.165) is 0 Å². The summed E-state index contributed by atoms with van der Waals surface area (Å²) in [7, 11) is 0. The average molecular weight is 278 g/mol. The molecule has 1 atom stereocenters. The van der Waals surface area contributed by atoms with Crippen LogP contribution in [-0.4, -0.2) is 39.4 Å². The molecule has 0 bridgehead atoms. The van der Waals surface area contributed by atoms with Crippen molar-refractivity contribution in [3.8, 4) is 5.75 Å². The molecule has 3 N–H and O–H groups in total. The van der Waals surface area contributed by atoms with Crippen molar-refractivity contribution in [2.75, 3.05) is 6.61 Å². The zero-order valence-corrected chi connectivity index (χ0v) is 11.5. The van der Waals surface area contributed by atoms with E-state index in [2.05, 4.69) is 0 Å². The first-order chi connectivity index (χ1) is 9.40. The zero-order valence-electron chi connectivity index (χ0n) is 11.5. The normalized spacial score (nSPS) is 18.4. The highest BCUT2D eigenvalue weighted by molar-refractivity contribution is 6.06. The summed E-state index contributed by atoms with van der Waals surface area (Å²) >= 11 is 0. The van der Waals surface area contributed by atoms with Crippen molar-refractivity contribution in [2.24, 2.45) is 0 Å². The van der Waals surface area contributed by atoms with Gasteiger partial charge in [0.1, 0.15) is 11.4 Å². The van der Waals surface area contributed by atoms with Gasteiger partial charge in [0, 0.05) is 5.56 Å². The van der Waals surface area contributed by atoms with Gasteiger partial charge >= 0.3 is 0 Å². The maximum atomic E-state index is 12.2. The van der Waals surface area contributed by atoms with E-state index in [0.29, 0.717) is 22.4 Å². The maximum absolute atomic E-state index is 12.2. The fourth-order valence-corrected chi connectivity index (χ4v) is 2.25. The molecular weight excluding hydrogens is 260 g/mol. The van der Waals surface area contributed by atoms with Crippen LogP contribution in [0.15, 0.2) is 18.2 Å². The van der Waals surface area contributed by atoms with Crippen LogP contribution in [-0.2, 0) is 6.61 Å². The van der Waals surface area contributed by atoms with E-state index in [9.17, 15) is 15.0 Å². The molecule has 1 aliphatic heterocycles. The lowest BCUT2D eigenvalue weighted by Gasteiger charge is -2.23. The highest BCUT2D eigenvalue weighted by atomic mass is 16.5. The third kappa shape index (κ3) is 2.47. The molecule has 0 amide bonds. The summed E-state index contributed by atoms with van der Waals surface area (Å²) in [5, 5.41) is 28.3. The number of Topliss-reactive ketones (excluding diaryl/α,β-unsaturated/α-hetero) is 1. The number of benzene rings is 1. The lowest BCUT2D eigenvalue weighted by molar-refractivity contribution is -0.0144. The van der Waals surface area contributed by atoms with E-state index in [4.69, 9.17) is 9.84 Å². The summed E-state index contributed by atoms with van der Waals surface area (Å²) in [6.45, 7) is 2.60. The van der Waals surface area contributed by atoms with E-state index in [1.807, 2.05) is 0 Å². The number of aliphatic hydroxyl groups excluding tert-OH is 2. The van der Waals surface area contributed by atoms with Gasteiger partial charge in [0.2, 0.25) is 5.78 Å². The molecule has 1 aromatic rings. The molecule has 108 valence electrons. The van der Waals surface area contributed by atoms with Crippen molar-refractivity contribution < 1.29 is 24.9 Å². The van der Waals surface area contributed by atoms with Crippen LogP contribution in [0.25, 0.3) is 6.08 Å². The number of hydrogen-bond acceptors (Lipinski definition) is 5. The van der Waals surface area contributed by atoms with Gasteiger partial charge in [-0.2, -0.15) is 0 Å². The SMILES string of the molecule is CC(C)(O)C1Oc2c(ccc(C=CCO)c2CO)C1=O. The van der Waals surface area contributed by atoms with Crippen molar-refractivity contribution in [1.82, 2.24) is 0 Å². The first-order valence-electron chi connectivity index (χ1n) is 6.37. The summed E-state index contributed by atoms with van der Waals surface area (Å²) < 4.78 is 5.57. The van der Waals surface area contributed by atoms with Crippen LogP contribution in [0.1, 0.15) is 35.3 Å². The van der Waals surface area contributed by atoms with Crippen molar-refractivity contribution >= 4 is 11.9 Å². The number of aliphatic hydroxyl groups is 3. The van der Waals surface area contributed by atoms with Gasteiger partial charge in [-0.1, -0.05) is 18.2 Å². The number of hydrogen-bond donors (Lipinski definition) is 3. The highest BCUT2D eigenvalue weighted by Crippen LogP contribution is 2.38. The number of ketones is 1. The average Bonchev–Trinajstić information content (AvgIpc) is 2.73. The van der Waals surface area contributed by atoms with Crippen LogP contribution in [0.2, 0.25) is 0 Å². The minimum absolute atomic E-state index is 0.117. The van der Waals surface area contributed by atoms with E-state index in [1.54, 1.807) is 18.2 Å². The van der Waals surface area contributed by atoms with Crippen LogP contribution in [0.4, 0.5) is 0 Å². The molecule has 1 aromatic carbocycles. The summed E-state index contributed by atoms with van der Waals surface area (Å²) in [5.74, 6) is 0.0182. The van der Waals surface area contributed by atoms with E-state index < -0.39 is 11.7 Å². The molecule has 0 radical (unpaired) electrons. The van der Waals surface area contributed by atoms with Gasteiger partial charge in [0.15, 0.2) is 6.10 Å². The second-order valence-corrected chi connectivity index (χ2v) is 5.27. The van der Waals surface area contributed by atoms with Crippen LogP contribution < -0.4 is 4.74 Å². The predicted molar refractivity (Wildman–Crippen MR) is 73.5 cm³/mol. The molecule has 5 heteroatoms. The molecule has 0 aliphatic carbocycles. The lowest BCUT2D eigenvalue weighted by atomic mass is 9.94. The Labute approximate surface area is 117 Å². The topological polar surface area (TPSA) is 87.0 Å². The number of carbonyl (C=O) groups excluding carboxylic acids is 1. The van der Waals surface area contributed by atoms with Gasteiger partial charge in [-0.05, 0) is 25.5 Å². The third-order valence-corrected chi connectivity index (χ3v) is 3.24. The number of rotatable bonds is 4. The fraction of sp³-hybridized carbons (Fsp3) is 0.400. The number of ether oxygens (including phenoxy) is 1. The van der Waals surface area contributed by atoms with Gasteiger partial charge in [-0.3, -0.25) is 4.79 Å². The Balaban J connectivity index is 2.49. The smallest absolute Gasteiger partial charge is 0.210 e. The molecular formula is C15H18O5. The Morgan fingerprint density at radius 3 is 2.60 bits per heavy atom. The fourth-order valence-electron chi connectivity index (χ4n) is 2.25. The van der Waals surface area contributed by atoms with Crippen LogP contribution in [0, 0.1) is 0 Å². The van der Waals surface area contributed by atoms with E-state index in [-0.39, 0.29) is 19.0 Å². The Morgan fingerprint density at radius 2 is 2.05 bits per heavy atom. The van der Waals surface area contributed by atoms with Crippen LogP contribution in [0.5, 0.6) is 5.75 Å². The molecule has 1 heterocycles. The molecule has 0 spiro atoms. The van der Waals surface area contributed by atoms with Crippen LogP contribution in [0.3, 0.4) is 0 Å². The van der Waals surface area contributed by atoms with Crippen molar-refractivity contribution in [3.05, 3.63) is 34.9 Å². The predicted octanol–water partition coefficient (Wildman–Crippen LogP) is 0.899. The van der Waals surface area contributed by atoms with Crippen molar-refractivity contribution in [2.45, 2.75) is 32.2 Å². The van der Waals surface area contributed by atoms with Gasteiger partial charge in [0.25, 0.3) is 0 Å². The maximum Gasteiger partial charge on any atom is 0.210 e. The summed E-state index contributed by atoms with van der Waals surface area (Å²) in [6.07, 6.45) is 2.21. The second-order valence-electron chi connectivity index (χ2n) is 5.27. The van der Waals surface area contributed by atoms with Crippen molar-refractivity contribution in [1.29, 1.82) is 0 Å². The minimum Gasteiger partial charge on any atom is -0.478 e. The number of carbonyl (C=O) groups is 1. The summed E-state index contributed by atoms with van der Waals surface area (Å²) in [5.41, 5.74) is 0.211. The monoisotopic (exact) mass is 278 g/mol. The largest absolute Gasteiger partial charge is 0.478 e. The van der Waals surface area contributed by atoms with Gasteiger partial charge < -0.3 is 20.1 Å². The molecule has 0 saturated carbocycles. The quantitative estimate of drug-likeness (QED) is 0.761. The Kier molecular flexibility index (Phi) is 3.94. The van der Waals surface area contributed by atoms with E-state index >= 15 is 0 Å². The molecule has 20 heavy (non-hydrogen) atoms. The number of fused-ring (bicyclic) bond motifs is 1. The molecule has 1 unspecified atom stereocenters. The first-order valence-corrected chi connectivity index (χ1v) is 6.37. The van der Waals surface area contributed by atoms with E-state index in [1.165, 1.54) is 19.9 Å². The molecule has 0 fully saturated rings. The zero-order chi connectivity index (χ0) is 14.9. The van der Waals surface area contributed by atoms with Crippen molar-refractivity contribution in [3.63, 3.8) is 0 Å². The minimum atomic E-state index is -1.30. The standard InChI is InChI=1S/C15H18O5/c1-15(2,19)14-12(18)10-6-5-9(4-3-7-16)11(8-17)13(10)20-14/h3-6,14,16-17,19H,7-8H2,1-2H3. The molecule has 2 rings (SSSR count). The molecule has 0 saturated heterocycles. The molecule has 1 aliphatic rings. The Bertz CT molecular complexity index is 554. The Hall–Kier alpha value is -1.69. The third-order valence-electron chi connectivity index (χ3n) is 3.24. The second kappa shape index (κ2) is 5.36. The van der Waals surface area contributed by atoms with Gasteiger partial charge in [0.05, 0.1) is 18.8 Å². The summed E-state index contributed by atoms with van der Waals surface area (Å²) in [4.78, 5) is 12.2. The molecule has 5 nitrogen and oxygen atoms in total.